The lowest BCUT2D eigenvalue weighted by Crippen LogP contribution is -2.22. The van der Waals surface area contributed by atoms with E-state index < -0.39 is 5.97 Å². The number of rotatable bonds is 7. The van der Waals surface area contributed by atoms with Crippen molar-refractivity contribution < 1.29 is 14.6 Å². The molecule has 0 saturated carbocycles. The normalized spacial score (nSPS) is 10.8. The Labute approximate surface area is 161 Å². The predicted octanol–water partition coefficient (Wildman–Crippen LogP) is 4.90. The van der Waals surface area contributed by atoms with Gasteiger partial charge in [-0.25, -0.2) is 0 Å². The highest BCUT2D eigenvalue weighted by molar-refractivity contribution is 6.35. The first kappa shape index (κ1) is 18.5. The third-order valence-electron chi connectivity index (χ3n) is 4.01. The lowest BCUT2D eigenvalue weighted by Gasteiger charge is -2.16. The summed E-state index contributed by atoms with van der Waals surface area (Å²) in [5.41, 5.74) is 1.61. The molecule has 0 unspecified atom stereocenters. The van der Waals surface area contributed by atoms with Crippen molar-refractivity contribution in [3.05, 3.63) is 75.8 Å². The van der Waals surface area contributed by atoms with E-state index in [1.54, 1.807) is 18.2 Å². The summed E-state index contributed by atoms with van der Waals surface area (Å²) in [7, 11) is 0. The van der Waals surface area contributed by atoms with E-state index in [4.69, 9.17) is 33.0 Å². The molecule has 6 heteroatoms. The Balaban J connectivity index is 1.90. The Morgan fingerprint density at radius 2 is 1.69 bits per heavy atom. The van der Waals surface area contributed by atoms with E-state index in [0.717, 1.165) is 16.3 Å². The van der Waals surface area contributed by atoms with Gasteiger partial charge in [-0.15, -0.1) is 0 Å². The van der Waals surface area contributed by atoms with Gasteiger partial charge in [0.2, 0.25) is 0 Å². The van der Waals surface area contributed by atoms with E-state index in [-0.39, 0.29) is 13.2 Å². The molecule has 0 radical (unpaired) electrons. The second-order valence-electron chi connectivity index (χ2n) is 5.75. The number of fused-ring (bicyclic) bond motifs is 1. The van der Waals surface area contributed by atoms with Crippen molar-refractivity contribution in [3.8, 4) is 5.75 Å². The summed E-state index contributed by atoms with van der Waals surface area (Å²) in [4.78, 5) is 10.8. The number of hydrogen-bond donors (Lipinski definition) is 2. The van der Waals surface area contributed by atoms with Gasteiger partial charge >= 0.3 is 5.97 Å². The van der Waals surface area contributed by atoms with Gasteiger partial charge in [0.25, 0.3) is 0 Å². The highest BCUT2D eigenvalue weighted by Gasteiger charge is 2.12. The summed E-state index contributed by atoms with van der Waals surface area (Å²) in [6.07, 6.45) is 0. The molecule has 26 heavy (non-hydrogen) atoms. The smallest absolute Gasteiger partial charge is 0.317 e. The van der Waals surface area contributed by atoms with Crippen LogP contribution in [0.5, 0.6) is 5.75 Å². The Morgan fingerprint density at radius 3 is 2.42 bits per heavy atom. The molecule has 0 aliphatic carbocycles. The second-order valence-corrected chi connectivity index (χ2v) is 6.56. The second kappa shape index (κ2) is 8.41. The van der Waals surface area contributed by atoms with Gasteiger partial charge in [0, 0.05) is 27.7 Å². The topological polar surface area (TPSA) is 58.6 Å². The molecule has 3 rings (SSSR count). The van der Waals surface area contributed by atoms with Crippen molar-refractivity contribution in [3.63, 3.8) is 0 Å². The number of carboxylic acid groups (broad SMARTS) is 1. The number of carboxylic acids is 1. The molecule has 0 saturated heterocycles. The van der Waals surface area contributed by atoms with Crippen LogP contribution in [0.1, 0.15) is 11.1 Å². The minimum Gasteiger partial charge on any atom is -0.488 e. The predicted molar refractivity (Wildman–Crippen MR) is 104 cm³/mol. The van der Waals surface area contributed by atoms with Crippen LogP contribution in [0.4, 0.5) is 0 Å². The first-order chi connectivity index (χ1) is 12.6. The van der Waals surface area contributed by atoms with Crippen molar-refractivity contribution in [1.29, 1.82) is 0 Å². The Hall–Kier alpha value is -2.27. The van der Waals surface area contributed by atoms with Gasteiger partial charge in [-0.3, -0.25) is 4.79 Å². The van der Waals surface area contributed by atoms with Gasteiger partial charge in [-0.2, -0.15) is 0 Å². The van der Waals surface area contributed by atoms with Gasteiger partial charge < -0.3 is 15.2 Å². The van der Waals surface area contributed by atoms with Crippen LogP contribution in [-0.4, -0.2) is 17.6 Å². The summed E-state index contributed by atoms with van der Waals surface area (Å²) in [6, 6.07) is 17.1. The van der Waals surface area contributed by atoms with Crippen LogP contribution in [0, 0.1) is 0 Å². The fraction of sp³-hybridized carbons (Fsp3) is 0.150. The molecule has 0 bridgehead atoms. The van der Waals surface area contributed by atoms with Gasteiger partial charge in [0.15, 0.2) is 0 Å². The maximum absolute atomic E-state index is 10.8. The number of aliphatic carboxylic acids is 1. The van der Waals surface area contributed by atoms with E-state index in [0.29, 0.717) is 27.9 Å². The van der Waals surface area contributed by atoms with E-state index >= 15 is 0 Å². The highest BCUT2D eigenvalue weighted by Crippen LogP contribution is 2.31. The van der Waals surface area contributed by atoms with E-state index in [9.17, 15) is 4.79 Å². The summed E-state index contributed by atoms with van der Waals surface area (Å²) in [5, 5.41) is 14.9. The van der Waals surface area contributed by atoms with Gasteiger partial charge in [0.1, 0.15) is 12.4 Å². The fourth-order valence-corrected chi connectivity index (χ4v) is 3.25. The molecule has 3 aromatic rings. The lowest BCUT2D eigenvalue weighted by atomic mass is 10.0. The first-order valence-electron chi connectivity index (χ1n) is 8.05. The summed E-state index contributed by atoms with van der Waals surface area (Å²) in [6.45, 7) is 0.473. The van der Waals surface area contributed by atoms with Crippen molar-refractivity contribution in [2.75, 3.05) is 6.54 Å². The van der Waals surface area contributed by atoms with E-state index in [2.05, 4.69) is 5.32 Å². The third kappa shape index (κ3) is 4.28. The lowest BCUT2D eigenvalue weighted by molar-refractivity contribution is -0.136. The minimum absolute atomic E-state index is 0.126. The zero-order valence-electron chi connectivity index (χ0n) is 13.8. The van der Waals surface area contributed by atoms with Gasteiger partial charge in [0.05, 0.1) is 6.54 Å². The monoisotopic (exact) mass is 389 g/mol. The molecule has 0 spiro atoms. The van der Waals surface area contributed by atoms with Crippen LogP contribution in [0.2, 0.25) is 10.0 Å². The Morgan fingerprint density at radius 1 is 0.962 bits per heavy atom. The van der Waals surface area contributed by atoms with Crippen LogP contribution in [-0.2, 0) is 17.9 Å². The van der Waals surface area contributed by atoms with Crippen molar-refractivity contribution in [1.82, 2.24) is 5.32 Å². The Kier molecular flexibility index (Phi) is 5.99. The minimum atomic E-state index is -0.907. The van der Waals surface area contributed by atoms with Crippen molar-refractivity contribution >= 4 is 39.9 Å². The molecule has 0 aliphatic heterocycles. The number of benzene rings is 3. The summed E-state index contributed by atoms with van der Waals surface area (Å²) < 4.78 is 5.99. The number of nitrogens with one attached hydrogen (secondary N) is 1. The van der Waals surface area contributed by atoms with Gasteiger partial charge in [-0.05, 0) is 29.0 Å². The first-order valence-corrected chi connectivity index (χ1v) is 8.80. The third-order valence-corrected chi connectivity index (χ3v) is 4.72. The number of carbonyl (C=O) groups is 1. The molecule has 0 atom stereocenters. The maximum atomic E-state index is 10.8. The quantitative estimate of drug-likeness (QED) is 0.603. The molecule has 134 valence electrons. The number of halogens is 2. The number of ether oxygens (including phenoxy) is 1. The van der Waals surface area contributed by atoms with Gasteiger partial charge in [-0.1, -0.05) is 59.6 Å². The van der Waals surface area contributed by atoms with Crippen molar-refractivity contribution in [2.24, 2.45) is 0 Å². The SMILES string of the molecule is O=C(O)CNCc1c(OCc2c(Cl)cccc2Cl)ccc2ccccc12. The summed E-state index contributed by atoms with van der Waals surface area (Å²) >= 11 is 12.4. The average molecular weight is 390 g/mol. The molecular formula is C20H17Cl2NO3. The Bertz CT molecular complexity index is 923. The van der Waals surface area contributed by atoms with Crippen molar-refractivity contribution in [2.45, 2.75) is 13.2 Å². The van der Waals surface area contributed by atoms with Crippen LogP contribution in [0.15, 0.2) is 54.6 Å². The van der Waals surface area contributed by atoms with Crippen LogP contribution < -0.4 is 10.1 Å². The fourth-order valence-electron chi connectivity index (χ4n) is 2.75. The van der Waals surface area contributed by atoms with E-state index in [1.165, 1.54) is 0 Å². The molecule has 0 aromatic heterocycles. The maximum Gasteiger partial charge on any atom is 0.317 e. The molecule has 2 N–H and O–H groups in total. The largest absolute Gasteiger partial charge is 0.488 e. The average Bonchev–Trinajstić information content (AvgIpc) is 2.62. The molecule has 4 nitrogen and oxygen atoms in total. The molecule has 0 heterocycles. The molecule has 0 amide bonds. The van der Waals surface area contributed by atoms with Crippen LogP contribution in [0.25, 0.3) is 10.8 Å². The molecular weight excluding hydrogens is 373 g/mol. The molecule has 3 aromatic carbocycles. The number of hydrogen-bond acceptors (Lipinski definition) is 3. The molecule has 0 aliphatic rings. The summed E-state index contributed by atoms with van der Waals surface area (Å²) in [5.74, 6) is -0.242. The molecule has 0 fully saturated rings. The van der Waals surface area contributed by atoms with E-state index in [1.807, 2.05) is 36.4 Å². The standard InChI is InChI=1S/C20H17Cl2NO3/c21-17-6-3-7-18(22)16(17)12-26-19-9-8-13-4-1-2-5-14(13)15(19)10-23-11-20(24)25/h1-9,23H,10-12H2,(H,24,25). The van der Waals surface area contributed by atoms with Crippen LogP contribution in [0.3, 0.4) is 0 Å². The van der Waals surface area contributed by atoms with Crippen LogP contribution >= 0.6 is 23.2 Å². The zero-order chi connectivity index (χ0) is 18.5. The zero-order valence-corrected chi connectivity index (χ0v) is 15.3. The highest BCUT2D eigenvalue weighted by atomic mass is 35.5.